The first-order valence-corrected chi connectivity index (χ1v) is 7.40. The van der Waals surface area contributed by atoms with E-state index in [2.05, 4.69) is 24.4 Å². The Hall–Kier alpha value is -1.06. The summed E-state index contributed by atoms with van der Waals surface area (Å²) in [7, 11) is 0. The molecule has 0 aliphatic carbocycles. The Kier molecular flexibility index (Phi) is 3.76. The fraction of sp³-hybridized carbons (Fsp3) is 0.625. The largest absolute Gasteiger partial charge is 0.493 e. The summed E-state index contributed by atoms with van der Waals surface area (Å²) in [5.74, 6) is 1.39. The highest BCUT2D eigenvalue weighted by molar-refractivity contribution is 5.45. The fourth-order valence-electron chi connectivity index (χ4n) is 3.30. The molecule has 1 fully saturated rings. The second-order valence-corrected chi connectivity index (χ2v) is 5.83. The van der Waals surface area contributed by atoms with Gasteiger partial charge < -0.3 is 15.2 Å². The van der Waals surface area contributed by atoms with E-state index in [-0.39, 0.29) is 6.10 Å². The lowest BCUT2D eigenvalue weighted by Crippen LogP contribution is -2.33. The van der Waals surface area contributed by atoms with E-state index in [0.717, 1.165) is 62.3 Å². The molecule has 2 heterocycles. The van der Waals surface area contributed by atoms with Crippen molar-refractivity contribution in [1.29, 1.82) is 0 Å². The minimum Gasteiger partial charge on any atom is -0.493 e. The van der Waals surface area contributed by atoms with Gasteiger partial charge in [-0.25, -0.2) is 0 Å². The van der Waals surface area contributed by atoms with Crippen LogP contribution in [0.1, 0.15) is 42.1 Å². The molecule has 2 unspecified atom stereocenters. The third-order valence-electron chi connectivity index (χ3n) is 4.33. The predicted octanol–water partition coefficient (Wildman–Crippen LogP) is 2.35. The molecule has 0 radical (unpaired) electrons. The van der Waals surface area contributed by atoms with Crippen LogP contribution in [0.4, 0.5) is 0 Å². The number of nitrogens with one attached hydrogen (secondary N) is 1. The number of benzene rings is 1. The van der Waals surface area contributed by atoms with Gasteiger partial charge in [0, 0.05) is 12.5 Å². The Morgan fingerprint density at radius 1 is 1.37 bits per heavy atom. The molecule has 104 valence electrons. The molecule has 1 aromatic carbocycles. The summed E-state index contributed by atoms with van der Waals surface area (Å²) in [5.41, 5.74) is 3.49. The van der Waals surface area contributed by atoms with Crippen molar-refractivity contribution in [1.82, 2.24) is 5.32 Å². The summed E-state index contributed by atoms with van der Waals surface area (Å²) < 4.78 is 5.74. The van der Waals surface area contributed by atoms with Crippen molar-refractivity contribution >= 4 is 0 Å². The summed E-state index contributed by atoms with van der Waals surface area (Å²) in [6, 6.07) is 4.25. The standard InChI is InChI=1S/C16H23NO2/c1-11-8-14(9-12-5-3-7-19-16(11)12)15(18)13-4-2-6-17-10-13/h8-9,13,15,17-18H,2-7,10H2,1H3. The van der Waals surface area contributed by atoms with E-state index >= 15 is 0 Å². The second-order valence-electron chi connectivity index (χ2n) is 5.83. The van der Waals surface area contributed by atoms with E-state index in [4.69, 9.17) is 4.74 Å². The zero-order chi connectivity index (χ0) is 13.2. The SMILES string of the molecule is Cc1cc(C(O)C2CCCNC2)cc2c1OCCC2. The molecule has 0 spiro atoms. The first kappa shape index (κ1) is 12.9. The molecule has 2 aliphatic heterocycles. The third kappa shape index (κ3) is 2.63. The first-order chi connectivity index (χ1) is 9.25. The van der Waals surface area contributed by atoms with Crippen molar-refractivity contribution in [3.63, 3.8) is 0 Å². The highest BCUT2D eigenvalue weighted by Gasteiger charge is 2.25. The van der Waals surface area contributed by atoms with Gasteiger partial charge in [-0.2, -0.15) is 0 Å². The normalized spacial score (nSPS) is 24.4. The maximum absolute atomic E-state index is 10.6. The van der Waals surface area contributed by atoms with Crippen LogP contribution < -0.4 is 10.1 Å². The number of hydrogen-bond donors (Lipinski definition) is 2. The molecule has 0 saturated carbocycles. The highest BCUT2D eigenvalue weighted by Crippen LogP contribution is 2.34. The van der Waals surface area contributed by atoms with Crippen LogP contribution >= 0.6 is 0 Å². The van der Waals surface area contributed by atoms with Gasteiger partial charge in [0.2, 0.25) is 0 Å². The number of rotatable bonds is 2. The van der Waals surface area contributed by atoms with Gasteiger partial charge in [-0.05, 0) is 68.0 Å². The third-order valence-corrected chi connectivity index (χ3v) is 4.33. The quantitative estimate of drug-likeness (QED) is 0.858. The van der Waals surface area contributed by atoms with E-state index < -0.39 is 0 Å². The molecule has 2 aliphatic rings. The molecule has 0 aromatic heterocycles. The summed E-state index contributed by atoms with van der Waals surface area (Å²) >= 11 is 0. The first-order valence-electron chi connectivity index (χ1n) is 7.40. The number of fused-ring (bicyclic) bond motifs is 1. The predicted molar refractivity (Wildman–Crippen MR) is 75.5 cm³/mol. The topological polar surface area (TPSA) is 41.5 Å². The average Bonchev–Trinajstić information content (AvgIpc) is 2.47. The molecule has 1 aromatic rings. The van der Waals surface area contributed by atoms with Crippen LogP contribution in [0.2, 0.25) is 0 Å². The van der Waals surface area contributed by atoms with Gasteiger partial charge in [0.05, 0.1) is 12.7 Å². The van der Waals surface area contributed by atoms with Crippen LogP contribution in [0.5, 0.6) is 5.75 Å². The highest BCUT2D eigenvalue weighted by atomic mass is 16.5. The summed E-state index contributed by atoms with van der Waals surface area (Å²) in [6.07, 6.45) is 4.07. The van der Waals surface area contributed by atoms with Gasteiger partial charge in [0.25, 0.3) is 0 Å². The lowest BCUT2D eigenvalue weighted by molar-refractivity contribution is 0.0919. The Morgan fingerprint density at radius 2 is 2.26 bits per heavy atom. The number of piperidine rings is 1. The lowest BCUT2D eigenvalue weighted by atomic mass is 9.87. The van der Waals surface area contributed by atoms with Crippen molar-refractivity contribution in [2.24, 2.45) is 5.92 Å². The van der Waals surface area contributed by atoms with E-state index in [9.17, 15) is 5.11 Å². The molecule has 3 rings (SSSR count). The number of aliphatic hydroxyl groups excluding tert-OH is 1. The van der Waals surface area contributed by atoms with Gasteiger partial charge in [0.1, 0.15) is 5.75 Å². The zero-order valence-electron chi connectivity index (χ0n) is 11.6. The molecule has 2 N–H and O–H groups in total. The van der Waals surface area contributed by atoms with Crippen LogP contribution in [0, 0.1) is 12.8 Å². The Morgan fingerprint density at radius 3 is 3.05 bits per heavy atom. The Bertz CT molecular complexity index is 452. The van der Waals surface area contributed by atoms with E-state index in [1.165, 1.54) is 5.56 Å². The minimum atomic E-state index is -0.348. The molecule has 0 amide bonds. The Labute approximate surface area is 115 Å². The van der Waals surface area contributed by atoms with Gasteiger partial charge in [-0.3, -0.25) is 0 Å². The molecule has 3 heteroatoms. The van der Waals surface area contributed by atoms with Crippen LogP contribution in [0.3, 0.4) is 0 Å². The number of ether oxygens (including phenoxy) is 1. The van der Waals surface area contributed by atoms with Gasteiger partial charge in [-0.1, -0.05) is 0 Å². The van der Waals surface area contributed by atoms with E-state index in [1.54, 1.807) is 0 Å². The smallest absolute Gasteiger partial charge is 0.125 e. The summed E-state index contributed by atoms with van der Waals surface area (Å²) in [4.78, 5) is 0. The number of aryl methyl sites for hydroxylation is 2. The maximum atomic E-state index is 10.6. The molecule has 19 heavy (non-hydrogen) atoms. The zero-order valence-corrected chi connectivity index (χ0v) is 11.6. The fourth-order valence-corrected chi connectivity index (χ4v) is 3.30. The minimum absolute atomic E-state index is 0.343. The van der Waals surface area contributed by atoms with Crippen molar-refractivity contribution < 1.29 is 9.84 Å². The van der Waals surface area contributed by atoms with Crippen LogP contribution in [0.25, 0.3) is 0 Å². The van der Waals surface area contributed by atoms with E-state index in [1.807, 2.05) is 0 Å². The number of aliphatic hydroxyl groups is 1. The van der Waals surface area contributed by atoms with Crippen molar-refractivity contribution in [2.45, 2.75) is 38.7 Å². The molecule has 1 saturated heterocycles. The molecule has 3 nitrogen and oxygen atoms in total. The summed E-state index contributed by atoms with van der Waals surface area (Å²) in [5, 5.41) is 14.0. The van der Waals surface area contributed by atoms with Crippen molar-refractivity contribution in [3.05, 3.63) is 28.8 Å². The maximum Gasteiger partial charge on any atom is 0.125 e. The van der Waals surface area contributed by atoms with E-state index in [0.29, 0.717) is 5.92 Å². The van der Waals surface area contributed by atoms with Gasteiger partial charge in [-0.15, -0.1) is 0 Å². The average molecular weight is 261 g/mol. The van der Waals surface area contributed by atoms with Crippen molar-refractivity contribution in [3.8, 4) is 5.75 Å². The molecule has 2 atom stereocenters. The van der Waals surface area contributed by atoms with Crippen LogP contribution in [-0.2, 0) is 6.42 Å². The molecular weight excluding hydrogens is 238 g/mol. The van der Waals surface area contributed by atoms with Gasteiger partial charge >= 0.3 is 0 Å². The second kappa shape index (κ2) is 5.51. The Balaban J connectivity index is 1.85. The monoisotopic (exact) mass is 261 g/mol. The van der Waals surface area contributed by atoms with Gasteiger partial charge in [0.15, 0.2) is 0 Å². The van der Waals surface area contributed by atoms with Crippen LogP contribution in [0.15, 0.2) is 12.1 Å². The summed E-state index contributed by atoms with van der Waals surface area (Å²) in [6.45, 7) is 4.91. The molecule has 0 bridgehead atoms. The number of hydrogen-bond acceptors (Lipinski definition) is 3. The van der Waals surface area contributed by atoms with Crippen molar-refractivity contribution in [2.75, 3.05) is 19.7 Å². The lowest BCUT2D eigenvalue weighted by Gasteiger charge is -2.29. The molecular formula is C16H23NO2. The van der Waals surface area contributed by atoms with Crippen LogP contribution in [-0.4, -0.2) is 24.8 Å².